The van der Waals surface area contributed by atoms with Gasteiger partial charge in [-0.15, -0.1) is 0 Å². The van der Waals surface area contributed by atoms with Crippen LogP contribution in [0.25, 0.3) is 0 Å². The highest BCUT2D eigenvalue weighted by Gasteiger charge is 2.51. The number of aliphatic hydroxyl groups excluding tert-OH is 5. The topological polar surface area (TPSA) is 189 Å². The summed E-state index contributed by atoms with van der Waals surface area (Å²) in [5, 5.41) is 46.4. The molecule has 30 heavy (non-hydrogen) atoms. The van der Waals surface area contributed by atoms with Crippen molar-refractivity contribution in [3.05, 3.63) is 0 Å². The zero-order chi connectivity index (χ0) is 22.5. The fourth-order valence-corrected chi connectivity index (χ4v) is 2.68. The van der Waals surface area contributed by atoms with Gasteiger partial charge in [0.15, 0.2) is 6.10 Å². The Balaban J connectivity index is 3.05. The van der Waals surface area contributed by atoms with Gasteiger partial charge in [-0.05, 0) is 19.3 Å². The molecule has 0 aromatic rings. The Morgan fingerprint density at radius 2 is 1.13 bits per heavy atom. The van der Waals surface area contributed by atoms with Crippen LogP contribution in [0.2, 0.25) is 0 Å². The normalized spacial score (nSPS) is 26.1. The van der Waals surface area contributed by atoms with Gasteiger partial charge in [0, 0.05) is 39.1 Å². The van der Waals surface area contributed by atoms with Crippen molar-refractivity contribution in [2.24, 2.45) is 0 Å². The number of hydrogen-bond acceptors (Lipinski definition) is 12. The largest absolute Gasteiger partial charge is 0.455 e. The van der Waals surface area contributed by atoms with E-state index in [1.165, 1.54) is 0 Å². The van der Waals surface area contributed by atoms with Crippen molar-refractivity contribution in [2.45, 2.75) is 69.2 Å². The van der Waals surface area contributed by atoms with Gasteiger partial charge >= 0.3 is 17.9 Å². The number of carbonyl (C=O) groups is 3. The molecule has 0 spiro atoms. The van der Waals surface area contributed by atoms with E-state index in [2.05, 4.69) is 0 Å². The summed E-state index contributed by atoms with van der Waals surface area (Å²) in [6.45, 7) is -1.51. The minimum Gasteiger partial charge on any atom is -0.455 e. The minimum absolute atomic E-state index is 0.0934. The number of rotatable bonds is 13. The Labute approximate surface area is 173 Å². The molecular weight excluding hydrogens is 408 g/mol. The maximum Gasteiger partial charge on any atom is 0.308 e. The van der Waals surface area contributed by atoms with Crippen LogP contribution in [0, 0.1) is 0 Å². The molecule has 1 aliphatic rings. The number of ether oxygens (including phenoxy) is 4. The average Bonchev–Trinajstić information content (AvgIpc) is 2.73. The van der Waals surface area contributed by atoms with Crippen molar-refractivity contribution in [1.82, 2.24) is 0 Å². The SMILES string of the molecule is O=C(CCCO)OC1OC(CO)C(O)C(OC(=O)CCCO)C1OC(=O)CCCO. The smallest absolute Gasteiger partial charge is 0.308 e. The van der Waals surface area contributed by atoms with Crippen LogP contribution in [0.4, 0.5) is 0 Å². The molecule has 12 nitrogen and oxygen atoms in total. The van der Waals surface area contributed by atoms with Gasteiger partial charge in [-0.1, -0.05) is 0 Å². The molecule has 1 aliphatic heterocycles. The first-order valence-corrected chi connectivity index (χ1v) is 9.73. The van der Waals surface area contributed by atoms with Crippen molar-refractivity contribution in [3.63, 3.8) is 0 Å². The van der Waals surface area contributed by atoms with Gasteiger partial charge in [0.05, 0.1) is 6.61 Å². The Hall–Kier alpha value is -1.83. The van der Waals surface area contributed by atoms with Gasteiger partial charge in [0.2, 0.25) is 12.4 Å². The van der Waals surface area contributed by atoms with Gasteiger partial charge < -0.3 is 44.5 Å². The molecular formula is C18H30O12. The average molecular weight is 438 g/mol. The Bertz CT molecular complexity index is 539. The quantitative estimate of drug-likeness (QED) is 0.154. The van der Waals surface area contributed by atoms with E-state index in [0.717, 1.165) is 0 Å². The molecule has 174 valence electrons. The highest BCUT2D eigenvalue weighted by molar-refractivity contribution is 5.71. The maximum atomic E-state index is 12.1. The molecule has 5 atom stereocenters. The van der Waals surface area contributed by atoms with Crippen LogP contribution in [-0.4, -0.2) is 101 Å². The van der Waals surface area contributed by atoms with Gasteiger partial charge in [-0.3, -0.25) is 14.4 Å². The van der Waals surface area contributed by atoms with Gasteiger partial charge in [-0.25, -0.2) is 0 Å². The third-order valence-electron chi connectivity index (χ3n) is 4.20. The molecule has 0 saturated carbocycles. The molecule has 1 fully saturated rings. The third-order valence-corrected chi connectivity index (χ3v) is 4.20. The lowest BCUT2D eigenvalue weighted by Gasteiger charge is -2.42. The molecule has 0 bridgehead atoms. The molecule has 0 aliphatic carbocycles. The van der Waals surface area contributed by atoms with Crippen LogP contribution in [0.15, 0.2) is 0 Å². The van der Waals surface area contributed by atoms with E-state index >= 15 is 0 Å². The van der Waals surface area contributed by atoms with Crippen molar-refractivity contribution in [1.29, 1.82) is 0 Å². The third kappa shape index (κ3) is 8.50. The second-order valence-electron chi connectivity index (χ2n) is 6.60. The molecule has 0 amide bonds. The van der Waals surface area contributed by atoms with E-state index in [1.807, 2.05) is 0 Å². The van der Waals surface area contributed by atoms with Crippen molar-refractivity contribution < 1.29 is 58.9 Å². The molecule has 5 unspecified atom stereocenters. The summed E-state index contributed by atoms with van der Waals surface area (Å²) in [4.78, 5) is 36.1. The van der Waals surface area contributed by atoms with Gasteiger partial charge in [0.25, 0.3) is 0 Å². The molecule has 0 aromatic carbocycles. The molecule has 0 aromatic heterocycles. The molecule has 1 rings (SSSR count). The summed E-state index contributed by atoms with van der Waals surface area (Å²) < 4.78 is 20.9. The van der Waals surface area contributed by atoms with E-state index in [4.69, 9.17) is 34.3 Å². The number of carbonyl (C=O) groups excluding carboxylic acids is 3. The Morgan fingerprint density at radius 1 is 0.700 bits per heavy atom. The van der Waals surface area contributed by atoms with E-state index in [9.17, 15) is 24.6 Å². The summed E-state index contributed by atoms with van der Waals surface area (Å²) in [5.41, 5.74) is 0. The lowest BCUT2D eigenvalue weighted by molar-refractivity contribution is -0.298. The van der Waals surface area contributed by atoms with Crippen molar-refractivity contribution in [2.75, 3.05) is 26.4 Å². The van der Waals surface area contributed by atoms with Crippen LogP contribution in [0.5, 0.6) is 0 Å². The molecule has 12 heteroatoms. The van der Waals surface area contributed by atoms with Gasteiger partial charge in [-0.2, -0.15) is 0 Å². The Kier molecular flexibility index (Phi) is 12.4. The zero-order valence-corrected chi connectivity index (χ0v) is 16.6. The van der Waals surface area contributed by atoms with Crippen LogP contribution < -0.4 is 0 Å². The maximum absolute atomic E-state index is 12.1. The highest BCUT2D eigenvalue weighted by atomic mass is 16.7. The summed E-state index contributed by atoms with van der Waals surface area (Å²) >= 11 is 0. The minimum atomic E-state index is -1.60. The van der Waals surface area contributed by atoms with Crippen LogP contribution >= 0.6 is 0 Å². The number of esters is 3. The zero-order valence-electron chi connectivity index (χ0n) is 16.6. The van der Waals surface area contributed by atoms with Crippen LogP contribution in [0.1, 0.15) is 38.5 Å². The monoisotopic (exact) mass is 438 g/mol. The molecule has 1 saturated heterocycles. The summed E-state index contributed by atoms with van der Waals surface area (Å²) in [5.74, 6) is -2.43. The second kappa shape index (κ2) is 14.2. The summed E-state index contributed by atoms with van der Waals surface area (Å²) in [7, 11) is 0. The lowest BCUT2D eigenvalue weighted by Crippen LogP contribution is -2.62. The first kappa shape index (κ1) is 26.2. The van der Waals surface area contributed by atoms with E-state index < -0.39 is 55.2 Å². The predicted octanol–water partition coefficient (Wildman–Crippen LogP) is -2.25. The van der Waals surface area contributed by atoms with E-state index in [-0.39, 0.29) is 58.3 Å². The standard InChI is InChI=1S/C18H30O12/c19-7-1-4-12(23)28-16-15(26)11(10-22)27-18(30-14(25)6-3-9-21)17(16)29-13(24)5-2-8-20/h11,15-22,26H,1-10H2. The van der Waals surface area contributed by atoms with Crippen molar-refractivity contribution >= 4 is 17.9 Å². The molecule has 1 heterocycles. The molecule has 0 radical (unpaired) electrons. The van der Waals surface area contributed by atoms with E-state index in [1.54, 1.807) is 0 Å². The number of aliphatic hydroxyl groups is 5. The summed E-state index contributed by atoms with van der Waals surface area (Å²) in [6, 6.07) is 0. The fourth-order valence-electron chi connectivity index (χ4n) is 2.68. The first-order chi connectivity index (χ1) is 14.4. The van der Waals surface area contributed by atoms with Crippen molar-refractivity contribution in [3.8, 4) is 0 Å². The first-order valence-electron chi connectivity index (χ1n) is 9.73. The fraction of sp³-hybridized carbons (Fsp3) is 0.833. The summed E-state index contributed by atoms with van der Waals surface area (Å²) in [6.07, 6.45) is -7.80. The Morgan fingerprint density at radius 3 is 1.57 bits per heavy atom. The van der Waals surface area contributed by atoms with Gasteiger partial charge in [0.1, 0.15) is 12.2 Å². The lowest BCUT2D eigenvalue weighted by atomic mass is 9.98. The van der Waals surface area contributed by atoms with Crippen LogP contribution in [0.3, 0.4) is 0 Å². The second-order valence-corrected chi connectivity index (χ2v) is 6.60. The van der Waals surface area contributed by atoms with E-state index in [0.29, 0.717) is 0 Å². The number of hydrogen-bond donors (Lipinski definition) is 5. The predicted molar refractivity (Wildman–Crippen MR) is 96.6 cm³/mol. The highest BCUT2D eigenvalue weighted by Crippen LogP contribution is 2.28. The molecule has 5 N–H and O–H groups in total. The van der Waals surface area contributed by atoms with Crippen LogP contribution in [-0.2, 0) is 33.3 Å².